The van der Waals surface area contributed by atoms with Crippen LogP contribution in [0.4, 0.5) is 11.9 Å². The lowest BCUT2D eigenvalue weighted by molar-refractivity contribution is 0.0987. The first kappa shape index (κ1) is 39.7. The first-order valence-corrected chi connectivity index (χ1v) is 18.1. The second-order valence-corrected chi connectivity index (χ2v) is 12.9. The summed E-state index contributed by atoms with van der Waals surface area (Å²) in [5.41, 5.74) is 14.6. The van der Waals surface area contributed by atoms with Crippen LogP contribution in [0.1, 0.15) is 79.3 Å². The molecule has 4 aromatic heterocycles. The number of fused-ring (bicyclic) bond motifs is 2. The second kappa shape index (κ2) is 16.8. The Morgan fingerprint density at radius 3 is 1.96 bits per heavy atom. The Labute approximate surface area is 325 Å². The number of aliphatic hydroxyl groups is 1. The third kappa shape index (κ3) is 8.18. The predicted molar refractivity (Wildman–Crippen MR) is 209 cm³/mol. The number of carbonyl (C=O) groups is 4. The van der Waals surface area contributed by atoms with Crippen molar-refractivity contribution in [1.29, 1.82) is 0 Å². The standard InChI is InChI=1S/C38H43N11O8/c1-6-24-32(57-21(4)41-24)36(54)45-38-43-26-17-23(34(40)52)19-29(56-14-10-13-50)31(26)48(38)12-9-8-11-47-30-25(16-22(33(39)51)18-28(30)55-5)42-37(47)44-35(53)27-15-20(3)46-49(27)7-2/h8-9,15-19,50H,6-7,10-14H2,1-5H3,(H2,39,51)(H2,40,52)(H,42,44,53)(H,43,45,54)/b9-8+. The molecular weight excluding hydrogens is 738 g/mol. The molecule has 6 aromatic rings. The fourth-order valence-electron chi connectivity index (χ4n) is 6.34. The number of hydrogen-bond donors (Lipinski definition) is 5. The number of hydrogen-bond acceptors (Lipinski definition) is 12. The van der Waals surface area contributed by atoms with Crippen LogP contribution >= 0.6 is 0 Å². The lowest BCUT2D eigenvalue weighted by Crippen LogP contribution is -2.20. The smallest absolute Gasteiger partial charge is 0.295 e. The van der Waals surface area contributed by atoms with Crippen molar-refractivity contribution in [1.82, 2.24) is 33.9 Å². The number of methoxy groups -OCH3 is 1. The molecule has 0 radical (unpaired) electrons. The van der Waals surface area contributed by atoms with E-state index in [-0.39, 0.29) is 60.8 Å². The van der Waals surface area contributed by atoms with Crippen molar-refractivity contribution in [2.75, 3.05) is 31.0 Å². The normalized spacial score (nSPS) is 11.5. The molecule has 0 atom stereocenters. The van der Waals surface area contributed by atoms with Crippen LogP contribution in [0.15, 0.2) is 46.9 Å². The van der Waals surface area contributed by atoms with Gasteiger partial charge in [-0.2, -0.15) is 5.10 Å². The van der Waals surface area contributed by atoms with Gasteiger partial charge in [-0.15, -0.1) is 0 Å². The van der Waals surface area contributed by atoms with Crippen molar-refractivity contribution in [3.8, 4) is 11.5 Å². The largest absolute Gasteiger partial charge is 0.494 e. The number of benzene rings is 2. The van der Waals surface area contributed by atoms with Gasteiger partial charge in [0.2, 0.25) is 29.5 Å². The van der Waals surface area contributed by atoms with Gasteiger partial charge in [-0.3, -0.25) is 34.5 Å². The highest BCUT2D eigenvalue weighted by Crippen LogP contribution is 2.33. The highest BCUT2D eigenvalue weighted by atomic mass is 16.5. The van der Waals surface area contributed by atoms with Crippen LogP contribution in [0.2, 0.25) is 0 Å². The number of nitrogens with two attached hydrogens (primary N) is 2. The maximum absolute atomic E-state index is 13.6. The third-order valence-corrected chi connectivity index (χ3v) is 8.94. The molecule has 19 heteroatoms. The molecule has 0 bridgehead atoms. The Hall–Kier alpha value is -7.02. The number of allylic oxidation sites excluding steroid dienone is 2. The van der Waals surface area contributed by atoms with Crippen molar-refractivity contribution < 1.29 is 38.2 Å². The molecule has 0 unspecified atom stereocenters. The van der Waals surface area contributed by atoms with E-state index in [1.807, 2.05) is 13.8 Å². The zero-order valence-electron chi connectivity index (χ0n) is 32.1. The van der Waals surface area contributed by atoms with Crippen LogP contribution in [-0.4, -0.2) is 82.9 Å². The number of aromatic nitrogens is 7. The van der Waals surface area contributed by atoms with Crippen LogP contribution in [0.3, 0.4) is 0 Å². The summed E-state index contributed by atoms with van der Waals surface area (Å²) in [5, 5.41) is 19.5. The Kier molecular flexibility index (Phi) is 11.7. The molecule has 0 aliphatic rings. The van der Waals surface area contributed by atoms with E-state index in [1.54, 1.807) is 45.9 Å². The molecule has 19 nitrogen and oxygen atoms in total. The highest BCUT2D eigenvalue weighted by Gasteiger charge is 2.24. The van der Waals surface area contributed by atoms with Gasteiger partial charge < -0.3 is 39.6 Å². The maximum atomic E-state index is 13.6. The number of primary amides is 2. The Morgan fingerprint density at radius 2 is 1.42 bits per heavy atom. The van der Waals surface area contributed by atoms with Crippen LogP contribution in [0, 0.1) is 13.8 Å². The van der Waals surface area contributed by atoms with Gasteiger partial charge >= 0.3 is 0 Å². The van der Waals surface area contributed by atoms with Gasteiger partial charge in [0, 0.05) is 50.7 Å². The van der Waals surface area contributed by atoms with E-state index in [2.05, 4.69) is 30.7 Å². The number of rotatable bonds is 17. The van der Waals surface area contributed by atoms with E-state index in [0.29, 0.717) is 70.2 Å². The molecule has 0 spiro atoms. The van der Waals surface area contributed by atoms with E-state index >= 15 is 0 Å². The minimum Gasteiger partial charge on any atom is -0.494 e. The zero-order valence-corrected chi connectivity index (χ0v) is 32.1. The predicted octanol–water partition coefficient (Wildman–Crippen LogP) is 3.50. The van der Waals surface area contributed by atoms with Crippen molar-refractivity contribution in [3.63, 3.8) is 0 Å². The fourth-order valence-corrected chi connectivity index (χ4v) is 6.34. The van der Waals surface area contributed by atoms with Crippen LogP contribution in [-0.2, 0) is 26.1 Å². The summed E-state index contributed by atoms with van der Waals surface area (Å²) in [4.78, 5) is 65.2. The molecule has 2 aromatic carbocycles. The van der Waals surface area contributed by atoms with E-state index < -0.39 is 23.6 Å². The summed E-state index contributed by atoms with van der Waals surface area (Å²) < 4.78 is 22.3. The summed E-state index contributed by atoms with van der Waals surface area (Å²) in [6, 6.07) is 7.66. The Bertz CT molecular complexity index is 2540. The Morgan fingerprint density at radius 1 is 0.842 bits per heavy atom. The minimum atomic E-state index is -0.711. The molecule has 0 saturated heterocycles. The number of nitrogens with one attached hydrogen (secondary N) is 2. The van der Waals surface area contributed by atoms with Crippen molar-refractivity contribution in [3.05, 3.63) is 82.3 Å². The average Bonchev–Trinajstić information content (AvgIpc) is 3.95. The molecule has 0 aliphatic carbocycles. The number of nitrogens with zero attached hydrogens (tertiary/aromatic N) is 7. The lowest BCUT2D eigenvalue weighted by Gasteiger charge is -2.13. The van der Waals surface area contributed by atoms with Gasteiger partial charge in [0.05, 0.1) is 36.1 Å². The number of anilines is 2. The third-order valence-electron chi connectivity index (χ3n) is 8.94. The van der Waals surface area contributed by atoms with Crippen LogP contribution in [0.5, 0.6) is 11.5 Å². The molecule has 4 amide bonds. The average molecular weight is 782 g/mol. The van der Waals surface area contributed by atoms with Crippen molar-refractivity contribution in [2.24, 2.45) is 11.5 Å². The minimum absolute atomic E-state index is 0.0357. The van der Waals surface area contributed by atoms with Crippen molar-refractivity contribution >= 4 is 57.6 Å². The summed E-state index contributed by atoms with van der Waals surface area (Å²) in [6.45, 7) is 7.87. The highest BCUT2D eigenvalue weighted by molar-refractivity contribution is 6.05. The second-order valence-electron chi connectivity index (χ2n) is 12.9. The molecule has 57 heavy (non-hydrogen) atoms. The SMILES string of the molecule is CCc1nc(C)oc1C(=O)Nc1nc2cc(C(N)=O)cc(OCCCO)c2n1C/C=C/Cn1c(NC(=O)c2cc(C)nn2CC)nc2cc(C(N)=O)cc(OC)c21. The number of aryl methyl sites for hydroxylation is 4. The molecule has 0 aliphatic heterocycles. The van der Waals surface area contributed by atoms with E-state index in [0.717, 1.165) is 0 Å². The van der Waals surface area contributed by atoms with Gasteiger partial charge in [-0.1, -0.05) is 19.1 Å². The summed E-state index contributed by atoms with van der Waals surface area (Å²) in [7, 11) is 1.45. The monoisotopic (exact) mass is 781 g/mol. The lowest BCUT2D eigenvalue weighted by atomic mass is 10.1. The molecular formula is C38H43N11O8. The van der Waals surface area contributed by atoms with E-state index in [9.17, 15) is 24.3 Å². The molecule has 4 heterocycles. The number of ether oxygens (including phenoxy) is 2. The maximum Gasteiger partial charge on any atom is 0.295 e. The molecule has 6 rings (SSSR count). The van der Waals surface area contributed by atoms with E-state index in [1.165, 1.54) is 31.4 Å². The van der Waals surface area contributed by atoms with Gasteiger partial charge in [0.25, 0.3) is 11.8 Å². The fraction of sp³-hybridized carbons (Fsp3) is 0.316. The number of oxazole rings is 1. The number of aliphatic hydroxyl groups excluding tert-OH is 1. The quantitative estimate of drug-likeness (QED) is 0.0658. The van der Waals surface area contributed by atoms with Crippen LogP contribution < -0.4 is 31.6 Å². The first-order chi connectivity index (χ1) is 27.4. The van der Waals surface area contributed by atoms with Gasteiger partial charge in [-0.05, 0) is 50.6 Å². The first-order valence-electron chi connectivity index (χ1n) is 18.1. The summed E-state index contributed by atoms with van der Waals surface area (Å²) in [5.74, 6) is -1.24. The van der Waals surface area contributed by atoms with Gasteiger partial charge in [-0.25, -0.2) is 15.0 Å². The van der Waals surface area contributed by atoms with E-state index in [4.69, 9.17) is 25.4 Å². The summed E-state index contributed by atoms with van der Waals surface area (Å²) in [6.07, 6.45) is 4.36. The molecule has 7 N–H and O–H groups in total. The molecule has 0 fully saturated rings. The zero-order chi connectivity index (χ0) is 41.0. The Balaban J connectivity index is 1.41. The van der Waals surface area contributed by atoms with Crippen LogP contribution in [0.25, 0.3) is 22.1 Å². The van der Waals surface area contributed by atoms with Gasteiger partial charge in [0.15, 0.2) is 5.89 Å². The number of amides is 4. The van der Waals surface area contributed by atoms with Crippen molar-refractivity contribution in [2.45, 2.75) is 60.2 Å². The summed E-state index contributed by atoms with van der Waals surface area (Å²) >= 11 is 0. The number of carbonyl (C=O) groups excluding carboxylic acids is 4. The van der Waals surface area contributed by atoms with Gasteiger partial charge in [0.1, 0.15) is 28.2 Å². The topological polar surface area (TPSA) is 263 Å². The molecule has 298 valence electrons. The number of imidazole rings is 2. The molecule has 0 saturated carbocycles.